The second-order valence-electron chi connectivity index (χ2n) is 8.75. The predicted molar refractivity (Wildman–Crippen MR) is 130 cm³/mol. The van der Waals surface area contributed by atoms with Gasteiger partial charge in [-0.3, -0.25) is 24.2 Å². The number of benzene rings is 2. The molecule has 4 rings (SSSR count). The molecule has 0 bridgehead atoms. The van der Waals surface area contributed by atoms with Crippen LogP contribution in [0.5, 0.6) is 0 Å². The maximum atomic E-state index is 13.0. The molecule has 0 radical (unpaired) electrons. The molecule has 1 saturated heterocycles. The van der Waals surface area contributed by atoms with Crippen molar-refractivity contribution in [3.05, 3.63) is 60.2 Å². The molecule has 0 spiro atoms. The van der Waals surface area contributed by atoms with Crippen LogP contribution in [0.25, 0.3) is 0 Å². The van der Waals surface area contributed by atoms with Crippen LogP contribution >= 0.6 is 0 Å². The molecule has 0 aromatic heterocycles. The molecule has 1 fully saturated rings. The van der Waals surface area contributed by atoms with Gasteiger partial charge < -0.3 is 10.6 Å². The van der Waals surface area contributed by atoms with Gasteiger partial charge in [-0.25, -0.2) is 13.2 Å². The summed E-state index contributed by atoms with van der Waals surface area (Å²) < 4.78 is 27.7. The minimum absolute atomic E-state index is 0.0339. The zero-order valence-corrected chi connectivity index (χ0v) is 20.1. The number of hydrogen-bond acceptors (Lipinski definition) is 6. The molecule has 10 nitrogen and oxygen atoms in total. The van der Waals surface area contributed by atoms with Crippen LogP contribution in [0.15, 0.2) is 64.5 Å². The first kappa shape index (κ1) is 24.4. The number of nitrogens with zero attached hydrogens (tertiary/aromatic N) is 2. The summed E-state index contributed by atoms with van der Waals surface area (Å²) in [7, 11) is -3.85. The molecule has 184 valence electrons. The molecule has 1 atom stereocenters. The van der Waals surface area contributed by atoms with E-state index in [1.54, 1.807) is 6.92 Å². The summed E-state index contributed by atoms with van der Waals surface area (Å²) in [6.07, 6.45) is 2.33. The van der Waals surface area contributed by atoms with Crippen LogP contribution in [0.4, 0.5) is 10.5 Å². The van der Waals surface area contributed by atoms with Crippen molar-refractivity contribution in [1.82, 2.24) is 14.9 Å². The van der Waals surface area contributed by atoms with Gasteiger partial charge in [-0.15, -0.1) is 0 Å². The van der Waals surface area contributed by atoms with Gasteiger partial charge >= 0.3 is 6.03 Å². The van der Waals surface area contributed by atoms with Gasteiger partial charge in [0.15, 0.2) is 0 Å². The fraction of sp³-hybridized carbons (Fsp3) is 0.333. The van der Waals surface area contributed by atoms with Gasteiger partial charge in [-0.2, -0.15) is 0 Å². The number of anilines is 1. The van der Waals surface area contributed by atoms with Gasteiger partial charge in [0.2, 0.25) is 5.91 Å². The molecule has 0 aliphatic carbocycles. The Kier molecular flexibility index (Phi) is 6.88. The Labute approximate surface area is 203 Å². The average molecular weight is 498 g/mol. The van der Waals surface area contributed by atoms with Gasteiger partial charge in [0.05, 0.1) is 4.90 Å². The Morgan fingerprint density at radius 2 is 1.91 bits per heavy atom. The molecule has 35 heavy (non-hydrogen) atoms. The molecule has 11 heteroatoms. The largest absolute Gasteiger partial charge is 0.325 e. The molecule has 2 aliphatic rings. The zero-order chi connectivity index (χ0) is 25.1. The molecule has 4 amide bonds. The van der Waals surface area contributed by atoms with Crippen molar-refractivity contribution in [2.24, 2.45) is 4.99 Å². The predicted octanol–water partition coefficient (Wildman–Crippen LogP) is 2.04. The van der Waals surface area contributed by atoms with Crippen molar-refractivity contribution >= 4 is 39.4 Å². The topological polar surface area (TPSA) is 137 Å². The third-order valence-corrected chi connectivity index (χ3v) is 7.34. The van der Waals surface area contributed by atoms with E-state index in [-0.39, 0.29) is 10.6 Å². The maximum absolute atomic E-state index is 13.0. The summed E-state index contributed by atoms with van der Waals surface area (Å²) in [4.78, 5) is 43.0. The number of aryl methyl sites for hydroxylation is 1. The second kappa shape index (κ2) is 9.87. The highest BCUT2D eigenvalue weighted by Crippen LogP contribution is 2.23. The van der Waals surface area contributed by atoms with Crippen molar-refractivity contribution < 1.29 is 22.8 Å². The Morgan fingerprint density at radius 1 is 1.14 bits per heavy atom. The van der Waals surface area contributed by atoms with Crippen LogP contribution in [-0.4, -0.2) is 55.6 Å². The summed E-state index contributed by atoms with van der Waals surface area (Å²) in [5.74, 6) is -0.691. The normalized spacial score (nSPS) is 19.9. The quantitative estimate of drug-likeness (QED) is 0.480. The van der Waals surface area contributed by atoms with Crippen molar-refractivity contribution in [1.29, 1.82) is 0 Å². The summed E-state index contributed by atoms with van der Waals surface area (Å²) in [6.45, 7) is 1.74. The van der Waals surface area contributed by atoms with Crippen LogP contribution in [0.1, 0.15) is 31.7 Å². The van der Waals surface area contributed by atoms with Crippen molar-refractivity contribution in [3.8, 4) is 0 Å². The lowest BCUT2D eigenvalue weighted by atomic mass is 9.93. The SMILES string of the molecule is C[C@@]1(CCc2ccccc2)NC(=O)N(CC(=O)Nc2cccc(S(=O)(=O)NC3=NCCC3)c2)C1=O. The first-order chi connectivity index (χ1) is 16.7. The van der Waals surface area contributed by atoms with E-state index >= 15 is 0 Å². The van der Waals surface area contributed by atoms with Gasteiger partial charge in [0.25, 0.3) is 15.9 Å². The van der Waals surface area contributed by atoms with E-state index in [1.165, 1.54) is 24.3 Å². The molecular weight excluding hydrogens is 470 g/mol. The van der Waals surface area contributed by atoms with Gasteiger partial charge in [0.1, 0.15) is 17.9 Å². The molecule has 3 N–H and O–H groups in total. The van der Waals surface area contributed by atoms with E-state index in [0.717, 1.165) is 16.9 Å². The van der Waals surface area contributed by atoms with E-state index in [9.17, 15) is 22.8 Å². The molecule has 2 aliphatic heterocycles. The molecule has 2 heterocycles. The Balaban J connectivity index is 1.38. The number of aliphatic imine (C=N–C) groups is 1. The average Bonchev–Trinajstić information content (AvgIpc) is 3.40. The van der Waals surface area contributed by atoms with E-state index in [4.69, 9.17) is 0 Å². The number of carbonyl (C=O) groups is 3. The van der Waals surface area contributed by atoms with Crippen LogP contribution < -0.4 is 15.4 Å². The number of rotatable bonds is 8. The summed E-state index contributed by atoms with van der Waals surface area (Å²) in [6, 6.07) is 14.7. The third-order valence-electron chi connectivity index (χ3n) is 5.96. The van der Waals surface area contributed by atoms with Crippen molar-refractivity contribution in [2.75, 3.05) is 18.4 Å². The van der Waals surface area contributed by atoms with Crippen molar-refractivity contribution in [3.63, 3.8) is 0 Å². The molecule has 2 aromatic carbocycles. The lowest BCUT2D eigenvalue weighted by Crippen LogP contribution is -2.45. The van der Waals surface area contributed by atoms with Crippen LogP contribution in [0, 0.1) is 0 Å². The Bertz CT molecular complexity index is 1280. The number of urea groups is 1. The smallest absolute Gasteiger partial charge is 0.324 e. The first-order valence-electron chi connectivity index (χ1n) is 11.3. The van der Waals surface area contributed by atoms with Gasteiger partial charge in [-0.05, 0) is 49.9 Å². The first-order valence-corrected chi connectivity index (χ1v) is 12.8. The number of amides is 4. The van der Waals surface area contributed by atoms with E-state index in [0.29, 0.717) is 31.6 Å². The Hall–Kier alpha value is -3.73. The highest BCUT2D eigenvalue weighted by atomic mass is 32.2. The zero-order valence-electron chi connectivity index (χ0n) is 19.3. The minimum Gasteiger partial charge on any atom is -0.324 e. The number of amidine groups is 1. The number of nitrogens with one attached hydrogen (secondary N) is 3. The number of imide groups is 1. The molecular formula is C24H27N5O5S. The van der Waals surface area contributed by atoms with Crippen LogP contribution in [-0.2, 0) is 26.0 Å². The fourth-order valence-corrected chi connectivity index (χ4v) is 5.16. The lowest BCUT2D eigenvalue weighted by molar-refractivity contribution is -0.133. The lowest BCUT2D eigenvalue weighted by Gasteiger charge is -2.21. The van der Waals surface area contributed by atoms with Gasteiger partial charge in [0, 0.05) is 18.7 Å². The molecule has 0 unspecified atom stereocenters. The highest BCUT2D eigenvalue weighted by Gasteiger charge is 2.47. The molecule has 2 aromatic rings. The third kappa shape index (κ3) is 5.68. The fourth-order valence-electron chi connectivity index (χ4n) is 4.02. The number of sulfonamides is 1. The Morgan fingerprint density at radius 3 is 2.63 bits per heavy atom. The van der Waals surface area contributed by atoms with Crippen LogP contribution in [0.3, 0.4) is 0 Å². The summed E-state index contributed by atoms with van der Waals surface area (Å²) in [5.41, 5.74) is 0.150. The maximum Gasteiger partial charge on any atom is 0.325 e. The number of hydrogen-bond donors (Lipinski definition) is 3. The van der Waals surface area contributed by atoms with E-state index < -0.39 is 40.0 Å². The molecule has 0 saturated carbocycles. The second-order valence-corrected chi connectivity index (χ2v) is 10.4. The van der Waals surface area contributed by atoms with E-state index in [2.05, 4.69) is 20.3 Å². The summed E-state index contributed by atoms with van der Waals surface area (Å²) in [5, 5.41) is 5.26. The monoisotopic (exact) mass is 497 g/mol. The van der Waals surface area contributed by atoms with Gasteiger partial charge in [-0.1, -0.05) is 36.4 Å². The number of carbonyl (C=O) groups excluding carboxylic acids is 3. The summed E-state index contributed by atoms with van der Waals surface area (Å²) >= 11 is 0. The van der Waals surface area contributed by atoms with Crippen LogP contribution in [0.2, 0.25) is 0 Å². The minimum atomic E-state index is -3.85. The standard InChI is InChI=1S/C24H27N5O5S/c1-24(13-12-17-7-3-2-4-8-17)22(31)29(23(32)27-24)16-21(30)26-18-9-5-10-19(15-18)35(33,34)28-20-11-6-14-25-20/h2-5,7-10,15H,6,11-14,16H2,1H3,(H,25,28)(H,26,30)(H,27,32)/t24-/m0/s1. The highest BCUT2D eigenvalue weighted by molar-refractivity contribution is 7.90. The van der Waals surface area contributed by atoms with E-state index in [1.807, 2.05) is 30.3 Å². The van der Waals surface area contributed by atoms with Crippen molar-refractivity contribution in [2.45, 2.75) is 43.0 Å².